The van der Waals surface area contributed by atoms with Crippen LogP contribution in [-0.2, 0) is 6.42 Å². The van der Waals surface area contributed by atoms with Crippen molar-refractivity contribution in [1.29, 1.82) is 0 Å². The highest BCUT2D eigenvalue weighted by atomic mass is 16.3. The molecule has 0 amide bonds. The van der Waals surface area contributed by atoms with E-state index in [4.69, 9.17) is 0 Å². The predicted octanol–water partition coefficient (Wildman–Crippen LogP) is 2.02. The Balaban J connectivity index is 2.50. The van der Waals surface area contributed by atoms with E-state index in [-0.39, 0.29) is 11.2 Å². The third kappa shape index (κ3) is 1.93. The van der Waals surface area contributed by atoms with Crippen molar-refractivity contribution in [3.63, 3.8) is 0 Å². The number of pyridine rings is 1. The van der Waals surface area contributed by atoms with E-state index in [2.05, 4.69) is 31.0 Å². The van der Waals surface area contributed by atoms with Gasteiger partial charge in [0.15, 0.2) is 5.75 Å². The quantitative estimate of drug-likeness (QED) is 0.775. The van der Waals surface area contributed by atoms with Crippen molar-refractivity contribution in [2.24, 2.45) is 5.41 Å². The van der Waals surface area contributed by atoms with Gasteiger partial charge in [-0.25, -0.2) is 0 Å². The number of aromatic nitrogens is 3. The zero-order chi connectivity index (χ0) is 11.1. The summed E-state index contributed by atoms with van der Waals surface area (Å²) in [5, 5.41) is 17.6. The van der Waals surface area contributed by atoms with Crippen molar-refractivity contribution in [2.45, 2.75) is 27.2 Å². The Kier molecular flexibility index (Phi) is 2.14. The summed E-state index contributed by atoms with van der Waals surface area (Å²) in [4.78, 5) is 0. The van der Waals surface area contributed by atoms with E-state index in [1.165, 1.54) is 0 Å². The Bertz CT molecular complexity index is 482. The zero-order valence-electron chi connectivity index (χ0n) is 9.23. The lowest BCUT2D eigenvalue weighted by molar-refractivity contribution is 0.399. The minimum Gasteiger partial charge on any atom is -0.504 e. The van der Waals surface area contributed by atoms with Gasteiger partial charge in [0, 0.05) is 12.6 Å². The minimum atomic E-state index is 0.161. The maximum absolute atomic E-state index is 9.56. The van der Waals surface area contributed by atoms with Crippen LogP contribution in [0.25, 0.3) is 5.65 Å². The first-order chi connectivity index (χ1) is 6.97. The van der Waals surface area contributed by atoms with Crippen LogP contribution in [-0.4, -0.2) is 19.7 Å². The molecule has 0 fully saturated rings. The van der Waals surface area contributed by atoms with Crippen molar-refractivity contribution in [1.82, 2.24) is 14.6 Å². The molecule has 0 saturated heterocycles. The lowest BCUT2D eigenvalue weighted by atomic mass is 9.92. The highest BCUT2D eigenvalue weighted by Gasteiger charge is 2.16. The van der Waals surface area contributed by atoms with E-state index in [1.807, 2.05) is 10.6 Å². The van der Waals surface area contributed by atoms with Crippen molar-refractivity contribution in [3.8, 4) is 5.75 Å². The molecule has 15 heavy (non-hydrogen) atoms. The average Bonchev–Trinajstić information content (AvgIpc) is 2.48. The fraction of sp³-hybridized carbons (Fsp3) is 0.455. The normalized spacial score (nSPS) is 12.2. The van der Waals surface area contributed by atoms with E-state index in [1.54, 1.807) is 12.1 Å². The van der Waals surface area contributed by atoms with Crippen LogP contribution in [0.4, 0.5) is 0 Å². The van der Waals surface area contributed by atoms with Gasteiger partial charge in [0.2, 0.25) is 5.65 Å². The molecule has 2 rings (SSSR count). The summed E-state index contributed by atoms with van der Waals surface area (Å²) in [5.41, 5.74) is 0.686. The molecule has 0 unspecified atom stereocenters. The summed E-state index contributed by atoms with van der Waals surface area (Å²) < 4.78 is 1.83. The number of rotatable bonds is 1. The van der Waals surface area contributed by atoms with Gasteiger partial charge in [-0.2, -0.15) is 0 Å². The summed E-state index contributed by atoms with van der Waals surface area (Å²) >= 11 is 0. The van der Waals surface area contributed by atoms with E-state index < -0.39 is 0 Å². The van der Waals surface area contributed by atoms with Gasteiger partial charge in [0.25, 0.3) is 0 Å². The lowest BCUT2D eigenvalue weighted by Gasteiger charge is -2.16. The van der Waals surface area contributed by atoms with Gasteiger partial charge in [-0.15, -0.1) is 10.2 Å². The van der Waals surface area contributed by atoms with Gasteiger partial charge in [-0.05, 0) is 17.5 Å². The molecule has 0 bridgehead atoms. The molecule has 0 aliphatic carbocycles. The van der Waals surface area contributed by atoms with Crippen LogP contribution in [0.3, 0.4) is 0 Å². The van der Waals surface area contributed by atoms with Crippen LogP contribution < -0.4 is 0 Å². The Morgan fingerprint density at radius 1 is 1.33 bits per heavy atom. The Labute approximate surface area is 88.6 Å². The molecule has 2 aromatic heterocycles. The third-order valence-corrected chi connectivity index (χ3v) is 2.17. The monoisotopic (exact) mass is 205 g/mol. The van der Waals surface area contributed by atoms with Crippen LogP contribution in [0.5, 0.6) is 5.75 Å². The largest absolute Gasteiger partial charge is 0.504 e. The fourth-order valence-corrected chi connectivity index (χ4v) is 1.54. The molecule has 0 aromatic carbocycles. The minimum absolute atomic E-state index is 0.161. The summed E-state index contributed by atoms with van der Waals surface area (Å²) in [7, 11) is 0. The van der Waals surface area contributed by atoms with E-state index in [9.17, 15) is 5.11 Å². The van der Waals surface area contributed by atoms with Crippen LogP contribution >= 0.6 is 0 Å². The van der Waals surface area contributed by atoms with Gasteiger partial charge in [-0.3, -0.25) is 4.40 Å². The predicted molar refractivity (Wildman–Crippen MR) is 57.8 cm³/mol. The number of fused-ring (bicyclic) bond motifs is 1. The second-order valence-electron chi connectivity index (χ2n) is 4.94. The second kappa shape index (κ2) is 3.22. The summed E-state index contributed by atoms with van der Waals surface area (Å²) in [6.07, 6.45) is 2.70. The molecule has 0 atom stereocenters. The van der Waals surface area contributed by atoms with Gasteiger partial charge in [-0.1, -0.05) is 20.8 Å². The van der Waals surface area contributed by atoms with Crippen molar-refractivity contribution >= 4 is 5.65 Å². The van der Waals surface area contributed by atoms with Gasteiger partial charge >= 0.3 is 0 Å². The first kappa shape index (κ1) is 9.96. The van der Waals surface area contributed by atoms with Crippen LogP contribution in [0.15, 0.2) is 18.3 Å². The molecular weight excluding hydrogens is 190 g/mol. The summed E-state index contributed by atoms with van der Waals surface area (Å²) in [6.45, 7) is 6.45. The molecule has 80 valence electrons. The van der Waals surface area contributed by atoms with Gasteiger partial charge in [0.05, 0.1) is 0 Å². The average molecular weight is 205 g/mol. The Hall–Kier alpha value is -1.58. The van der Waals surface area contributed by atoms with E-state index in [0.29, 0.717) is 5.65 Å². The van der Waals surface area contributed by atoms with Gasteiger partial charge < -0.3 is 5.11 Å². The highest BCUT2D eigenvalue weighted by molar-refractivity contribution is 5.51. The van der Waals surface area contributed by atoms with Crippen molar-refractivity contribution in [3.05, 3.63) is 24.2 Å². The first-order valence-electron chi connectivity index (χ1n) is 4.99. The van der Waals surface area contributed by atoms with Crippen molar-refractivity contribution in [2.75, 3.05) is 0 Å². The molecule has 0 aliphatic rings. The number of nitrogens with zero attached hydrogens (tertiary/aromatic N) is 3. The first-order valence-corrected chi connectivity index (χ1v) is 4.99. The standard InChI is InChI=1S/C11H15N3O/c1-11(2,3)7-9-12-13-10-8(15)5-4-6-14(9)10/h4-6,15H,7H2,1-3H3. The molecule has 0 spiro atoms. The van der Waals surface area contributed by atoms with Crippen LogP contribution in [0.1, 0.15) is 26.6 Å². The van der Waals surface area contributed by atoms with Crippen LogP contribution in [0.2, 0.25) is 0 Å². The molecule has 2 heterocycles. The fourth-order valence-electron chi connectivity index (χ4n) is 1.54. The number of hydrogen-bond donors (Lipinski definition) is 1. The maximum Gasteiger partial charge on any atom is 0.203 e. The number of aromatic hydroxyl groups is 1. The highest BCUT2D eigenvalue weighted by Crippen LogP contribution is 2.22. The molecule has 4 nitrogen and oxygen atoms in total. The van der Waals surface area contributed by atoms with E-state index >= 15 is 0 Å². The van der Waals surface area contributed by atoms with Gasteiger partial charge in [0.1, 0.15) is 5.82 Å². The Morgan fingerprint density at radius 3 is 2.73 bits per heavy atom. The molecule has 1 N–H and O–H groups in total. The Morgan fingerprint density at radius 2 is 2.07 bits per heavy atom. The summed E-state index contributed by atoms with van der Waals surface area (Å²) in [6, 6.07) is 3.41. The SMILES string of the molecule is CC(C)(C)Cc1nnc2c(O)cccn12. The zero-order valence-corrected chi connectivity index (χ0v) is 9.23. The van der Waals surface area contributed by atoms with Crippen LogP contribution in [0, 0.1) is 5.41 Å². The smallest absolute Gasteiger partial charge is 0.203 e. The molecule has 0 saturated carbocycles. The lowest BCUT2D eigenvalue weighted by Crippen LogP contribution is -2.11. The van der Waals surface area contributed by atoms with Crippen molar-refractivity contribution < 1.29 is 5.11 Å². The topological polar surface area (TPSA) is 50.4 Å². The third-order valence-electron chi connectivity index (χ3n) is 2.17. The maximum atomic E-state index is 9.56. The molecule has 2 aromatic rings. The second-order valence-corrected chi connectivity index (χ2v) is 4.94. The molecule has 0 radical (unpaired) electrons. The summed E-state index contributed by atoms with van der Waals surface area (Å²) in [5.74, 6) is 1.05. The molecule has 0 aliphatic heterocycles. The molecular formula is C11H15N3O. The molecule has 4 heteroatoms. The van der Waals surface area contributed by atoms with E-state index in [0.717, 1.165) is 12.2 Å². The number of hydrogen-bond acceptors (Lipinski definition) is 3.